The SMILES string of the molecule is N=C(/C(=C\N)c1nc2ccc3[nH]c(C(F)(F)F)nc3c2c2c1CCCC2)C(F)(F)F. The highest BCUT2D eigenvalue weighted by Gasteiger charge is 2.39. The summed E-state index contributed by atoms with van der Waals surface area (Å²) in [6.07, 6.45) is -6.67. The Morgan fingerprint density at radius 3 is 2.30 bits per heavy atom. The summed E-state index contributed by atoms with van der Waals surface area (Å²) in [5.41, 5.74) is 4.69. The second-order valence-electron chi connectivity index (χ2n) is 7.02. The Kier molecular flexibility index (Phi) is 4.51. The molecule has 30 heavy (non-hydrogen) atoms. The number of pyridine rings is 1. The molecule has 4 N–H and O–H groups in total. The first-order chi connectivity index (χ1) is 14.0. The van der Waals surface area contributed by atoms with Crippen LogP contribution in [0.1, 0.15) is 35.5 Å². The molecule has 158 valence electrons. The van der Waals surface area contributed by atoms with Gasteiger partial charge in [0.2, 0.25) is 5.82 Å². The van der Waals surface area contributed by atoms with Crippen LogP contribution in [0.25, 0.3) is 27.5 Å². The summed E-state index contributed by atoms with van der Waals surface area (Å²) in [6.45, 7) is 0. The quantitative estimate of drug-likeness (QED) is 0.402. The number of aromatic amines is 1. The second-order valence-corrected chi connectivity index (χ2v) is 7.02. The highest BCUT2D eigenvalue weighted by atomic mass is 19.4. The van der Waals surface area contributed by atoms with Crippen molar-refractivity contribution in [3.8, 4) is 0 Å². The van der Waals surface area contributed by atoms with Crippen molar-refractivity contribution in [3.63, 3.8) is 0 Å². The molecule has 3 aromatic rings. The van der Waals surface area contributed by atoms with Crippen molar-refractivity contribution in [1.29, 1.82) is 5.41 Å². The van der Waals surface area contributed by atoms with Crippen LogP contribution in [0.5, 0.6) is 0 Å². The van der Waals surface area contributed by atoms with E-state index in [1.807, 2.05) is 0 Å². The molecule has 1 aromatic carbocycles. The molecule has 0 radical (unpaired) electrons. The van der Waals surface area contributed by atoms with E-state index in [4.69, 9.17) is 11.1 Å². The van der Waals surface area contributed by atoms with E-state index in [0.29, 0.717) is 42.0 Å². The molecule has 11 heteroatoms. The van der Waals surface area contributed by atoms with Crippen molar-refractivity contribution in [2.45, 2.75) is 38.0 Å². The van der Waals surface area contributed by atoms with Crippen LogP contribution in [0.15, 0.2) is 18.3 Å². The van der Waals surface area contributed by atoms with E-state index in [2.05, 4.69) is 15.0 Å². The number of fused-ring (bicyclic) bond motifs is 5. The van der Waals surface area contributed by atoms with E-state index in [1.165, 1.54) is 12.1 Å². The molecule has 0 saturated carbocycles. The summed E-state index contributed by atoms with van der Waals surface area (Å²) < 4.78 is 78.9. The molecule has 0 aliphatic heterocycles. The standard InChI is InChI=1S/C19H15F6N5/c20-18(21,22)16(27)10(7-26)14-9-4-2-1-3-8(9)13-11(28-14)5-6-12-15(13)30-17(29-12)19(23,24)25/h5-7,27H,1-4,26H2,(H,29,30)/b10-7-,27-16?. The molecule has 1 aliphatic rings. The van der Waals surface area contributed by atoms with Gasteiger partial charge in [-0.2, -0.15) is 26.3 Å². The minimum absolute atomic E-state index is 0.0621. The maximum atomic E-state index is 13.2. The molecule has 0 saturated heterocycles. The smallest absolute Gasteiger partial charge is 0.404 e. The highest BCUT2D eigenvalue weighted by molar-refractivity contribution is 6.25. The van der Waals surface area contributed by atoms with Gasteiger partial charge in [-0.25, -0.2) is 9.97 Å². The van der Waals surface area contributed by atoms with Crippen molar-refractivity contribution in [1.82, 2.24) is 15.0 Å². The Morgan fingerprint density at radius 2 is 1.70 bits per heavy atom. The van der Waals surface area contributed by atoms with Gasteiger partial charge in [-0.1, -0.05) is 0 Å². The third-order valence-electron chi connectivity index (χ3n) is 5.16. The van der Waals surface area contributed by atoms with Gasteiger partial charge in [-0.05, 0) is 48.9 Å². The zero-order chi connectivity index (χ0) is 21.8. The summed E-state index contributed by atoms with van der Waals surface area (Å²) in [4.78, 5) is 10.2. The van der Waals surface area contributed by atoms with Crippen LogP contribution in [0.4, 0.5) is 26.3 Å². The van der Waals surface area contributed by atoms with Gasteiger partial charge in [0.05, 0.1) is 22.2 Å². The van der Waals surface area contributed by atoms with Crippen LogP contribution in [-0.4, -0.2) is 26.8 Å². The Labute approximate surface area is 165 Å². The lowest BCUT2D eigenvalue weighted by Gasteiger charge is -2.23. The van der Waals surface area contributed by atoms with Crippen molar-refractivity contribution >= 4 is 33.2 Å². The Hall–Kier alpha value is -3.11. The van der Waals surface area contributed by atoms with Crippen LogP contribution in [0.2, 0.25) is 0 Å². The van der Waals surface area contributed by atoms with E-state index >= 15 is 0 Å². The molecular weight excluding hydrogens is 412 g/mol. The maximum absolute atomic E-state index is 13.2. The number of nitrogens with one attached hydrogen (secondary N) is 2. The summed E-state index contributed by atoms with van der Waals surface area (Å²) >= 11 is 0. The largest absolute Gasteiger partial charge is 0.449 e. The van der Waals surface area contributed by atoms with Crippen LogP contribution in [0.3, 0.4) is 0 Å². The third-order valence-corrected chi connectivity index (χ3v) is 5.16. The lowest BCUT2D eigenvalue weighted by atomic mass is 9.85. The molecule has 0 fully saturated rings. The highest BCUT2D eigenvalue weighted by Crippen LogP contribution is 2.39. The first-order valence-corrected chi connectivity index (χ1v) is 9.02. The predicted octanol–water partition coefficient (Wildman–Crippen LogP) is 4.89. The van der Waals surface area contributed by atoms with Crippen molar-refractivity contribution in [3.05, 3.63) is 41.0 Å². The van der Waals surface area contributed by atoms with Crippen LogP contribution in [-0.2, 0) is 19.0 Å². The van der Waals surface area contributed by atoms with Gasteiger partial charge >= 0.3 is 12.4 Å². The lowest BCUT2D eigenvalue weighted by molar-refractivity contribution is -0.144. The minimum atomic E-state index is -4.92. The summed E-state index contributed by atoms with van der Waals surface area (Å²) in [6, 6.07) is 2.78. The number of aromatic nitrogens is 3. The normalized spacial score (nSPS) is 15.6. The number of alkyl halides is 6. The molecule has 5 nitrogen and oxygen atoms in total. The molecule has 0 unspecified atom stereocenters. The van der Waals surface area contributed by atoms with Gasteiger partial charge in [0.25, 0.3) is 0 Å². The van der Waals surface area contributed by atoms with Crippen LogP contribution in [0, 0.1) is 5.41 Å². The van der Waals surface area contributed by atoms with Crippen molar-refractivity contribution < 1.29 is 26.3 Å². The van der Waals surface area contributed by atoms with Gasteiger partial charge in [0, 0.05) is 17.2 Å². The molecule has 0 spiro atoms. The second kappa shape index (κ2) is 6.71. The zero-order valence-electron chi connectivity index (χ0n) is 15.3. The first-order valence-electron chi connectivity index (χ1n) is 9.02. The summed E-state index contributed by atoms with van der Waals surface area (Å²) in [5, 5.41) is 7.89. The van der Waals surface area contributed by atoms with Crippen LogP contribution < -0.4 is 5.73 Å². The van der Waals surface area contributed by atoms with Crippen LogP contribution >= 0.6 is 0 Å². The minimum Gasteiger partial charge on any atom is -0.404 e. The summed E-state index contributed by atoms with van der Waals surface area (Å²) in [7, 11) is 0. The Bertz CT molecular complexity index is 1200. The number of imidazole rings is 1. The number of aryl methyl sites for hydroxylation is 1. The van der Waals surface area contributed by atoms with Gasteiger partial charge in [-0.15, -0.1) is 0 Å². The van der Waals surface area contributed by atoms with E-state index in [0.717, 1.165) is 6.42 Å². The fourth-order valence-electron chi connectivity index (χ4n) is 3.88. The first kappa shape index (κ1) is 20.2. The van der Waals surface area contributed by atoms with Crippen molar-refractivity contribution in [2.75, 3.05) is 0 Å². The fraction of sp³-hybridized carbons (Fsp3) is 0.316. The Balaban J connectivity index is 2.04. The molecule has 0 amide bonds. The van der Waals surface area contributed by atoms with E-state index in [9.17, 15) is 26.3 Å². The Morgan fingerprint density at radius 1 is 1.03 bits per heavy atom. The van der Waals surface area contributed by atoms with E-state index in [-0.39, 0.29) is 22.2 Å². The molecule has 4 rings (SSSR count). The van der Waals surface area contributed by atoms with E-state index in [1.54, 1.807) is 0 Å². The number of allylic oxidation sites excluding steroid dienone is 1. The number of halogens is 6. The third kappa shape index (κ3) is 3.17. The monoisotopic (exact) mass is 427 g/mol. The van der Waals surface area contributed by atoms with Gasteiger partial charge in [-0.3, -0.25) is 5.41 Å². The average molecular weight is 427 g/mol. The number of H-pyrrole nitrogens is 1. The number of rotatable bonds is 2. The van der Waals surface area contributed by atoms with Gasteiger partial charge < -0.3 is 10.7 Å². The molecule has 2 aromatic heterocycles. The summed E-state index contributed by atoms with van der Waals surface area (Å²) in [5.74, 6) is -1.15. The maximum Gasteiger partial charge on any atom is 0.449 e. The van der Waals surface area contributed by atoms with Crippen molar-refractivity contribution in [2.24, 2.45) is 5.73 Å². The topological polar surface area (TPSA) is 91.4 Å². The molecule has 2 heterocycles. The zero-order valence-corrected chi connectivity index (χ0v) is 15.3. The molecule has 0 bridgehead atoms. The van der Waals surface area contributed by atoms with Gasteiger partial charge in [0.1, 0.15) is 5.71 Å². The van der Waals surface area contributed by atoms with E-state index < -0.39 is 29.5 Å². The average Bonchev–Trinajstić information content (AvgIpc) is 3.12. The molecule has 1 aliphatic carbocycles. The fourth-order valence-corrected chi connectivity index (χ4v) is 3.88. The lowest BCUT2D eigenvalue weighted by Crippen LogP contribution is -2.25. The number of hydrogen-bond acceptors (Lipinski definition) is 4. The number of hydrogen-bond donors (Lipinski definition) is 3. The number of nitrogens with two attached hydrogens (primary N) is 1. The number of benzene rings is 1. The van der Waals surface area contributed by atoms with Gasteiger partial charge in [0.15, 0.2) is 0 Å². The molecule has 0 atom stereocenters. The molecular formula is C19H15F6N5. The number of nitrogens with zero attached hydrogens (tertiary/aromatic N) is 2. The predicted molar refractivity (Wildman–Crippen MR) is 99.0 cm³/mol.